The van der Waals surface area contributed by atoms with E-state index in [1.165, 1.54) is 34.7 Å². The summed E-state index contributed by atoms with van der Waals surface area (Å²) < 4.78 is 19.6. The third-order valence-corrected chi connectivity index (χ3v) is 6.82. The number of allylic oxidation sites excluding steroid dienone is 2. The molecular weight excluding hydrogens is 449 g/mol. The number of halogens is 1. The molecule has 8 heteroatoms. The fourth-order valence-electron chi connectivity index (χ4n) is 4.59. The number of pyridine rings is 1. The second kappa shape index (κ2) is 10.6. The molecule has 0 saturated heterocycles. The van der Waals surface area contributed by atoms with Crippen LogP contribution in [-0.4, -0.2) is 70.6 Å². The molecule has 0 saturated carbocycles. The van der Waals surface area contributed by atoms with Crippen LogP contribution in [0.1, 0.15) is 59.4 Å². The molecule has 186 valence electrons. The second-order valence-electron chi connectivity index (χ2n) is 9.51. The number of carbonyl (C=O) groups excluding carboxylic acids is 2. The van der Waals surface area contributed by atoms with Crippen molar-refractivity contribution in [3.63, 3.8) is 0 Å². The average molecular weight is 482 g/mol. The molecule has 35 heavy (non-hydrogen) atoms. The van der Waals surface area contributed by atoms with Gasteiger partial charge in [0.25, 0.3) is 11.8 Å². The number of amides is 2. The number of rotatable bonds is 6. The maximum atomic E-state index is 13.5. The molecule has 4 rings (SSSR count). The van der Waals surface area contributed by atoms with E-state index in [1.807, 2.05) is 19.9 Å². The number of likely N-dealkylation sites (N-methyl/N-ethyl adjacent to an activating group) is 1. The third kappa shape index (κ3) is 5.37. The quantitative estimate of drug-likeness (QED) is 0.679. The van der Waals surface area contributed by atoms with Gasteiger partial charge in [-0.2, -0.15) is 0 Å². The molecule has 0 spiro atoms. The molecule has 0 bridgehead atoms. The SMILES string of the molecule is C[C@H](CO)N1C[C@H](C)[C@@H](CN(C)C(=O)c2ccc(F)cc2)Oc2ncc(C3=CCCC3)cc2C1=O. The van der Waals surface area contributed by atoms with Crippen molar-refractivity contribution < 1.29 is 23.8 Å². The lowest BCUT2D eigenvalue weighted by atomic mass is 9.99. The maximum absolute atomic E-state index is 13.5. The Morgan fingerprint density at radius 1 is 1.34 bits per heavy atom. The summed E-state index contributed by atoms with van der Waals surface area (Å²) in [6, 6.07) is 6.87. The van der Waals surface area contributed by atoms with E-state index in [0.717, 1.165) is 24.8 Å². The summed E-state index contributed by atoms with van der Waals surface area (Å²) in [6.07, 6.45) is 6.50. The number of fused-ring (bicyclic) bond motifs is 1. The largest absolute Gasteiger partial charge is 0.472 e. The van der Waals surface area contributed by atoms with Gasteiger partial charge in [0, 0.05) is 31.3 Å². The first-order valence-electron chi connectivity index (χ1n) is 12.1. The van der Waals surface area contributed by atoms with Gasteiger partial charge in [-0.3, -0.25) is 9.59 Å². The molecule has 2 aliphatic rings. The number of aromatic nitrogens is 1. The number of hydrogen-bond donors (Lipinski definition) is 1. The van der Waals surface area contributed by atoms with Crippen LogP contribution in [-0.2, 0) is 0 Å². The Balaban J connectivity index is 1.64. The summed E-state index contributed by atoms with van der Waals surface area (Å²) in [5.74, 6) is -0.804. The minimum atomic E-state index is -0.450. The van der Waals surface area contributed by atoms with E-state index < -0.39 is 11.9 Å². The van der Waals surface area contributed by atoms with Gasteiger partial charge in [-0.15, -0.1) is 0 Å². The first kappa shape index (κ1) is 24.9. The zero-order chi connectivity index (χ0) is 25.1. The Morgan fingerprint density at radius 2 is 2.09 bits per heavy atom. The summed E-state index contributed by atoms with van der Waals surface area (Å²) >= 11 is 0. The van der Waals surface area contributed by atoms with Gasteiger partial charge in [-0.05, 0) is 67.7 Å². The van der Waals surface area contributed by atoms with Crippen molar-refractivity contribution in [3.05, 3.63) is 65.1 Å². The normalized spacial score (nSPS) is 20.9. The van der Waals surface area contributed by atoms with Crippen molar-refractivity contribution in [2.45, 2.75) is 45.3 Å². The summed E-state index contributed by atoms with van der Waals surface area (Å²) in [7, 11) is 1.67. The Labute approximate surface area is 205 Å². The van der Waals surface area contributed by atoms with Gasteiger partial charge in [0.1, 0.15) is 17.5 Å². The van der Waals surface area contributed by atoms with Crippen LogP contribution in [0.4, 0.5) is 4.39 Å². The van der Waals surface area contributed by atoms with Crippen molar-refractivity contribution in [2.24, 2.45) is 5.92 Å². The Kier molecular flexibility index (Phi) is 7.50. The molecule has 1 aromatic heterocycles. The Bertz CT molecular complexity index is 1120. The predicted octanol–water partition coefficient (Wildman–Crippen LogP) is 3.78. The monoisotopic (exact) mass is 481 g/mol. The Hall–Kier alpha value is -3.26. The van der Waals surface area contributed by atoms with Crippen molar-refractivity contribution >= 4 is 17.4 Å². The molecule has 1 aromatic carbocycles. The summed E-state index contributed by atoms with van der Waals surface area (Å²) in [4.78, 5) is 34.2. The summed E-state index contributed by atoms with van der Waals surface area (Å²) in [6.45, 7) is 4.20. The molecule has 1 N–H and O–H groups in total. The molecule has 3 atom stereocenters. The van der Waals surface area contributed by atoms with Crippen LogP contribution in [0.5, 0.6) is 5.88 Å². The zero-order valence-electron chi connectivity index (χ0n) is 20.4. The summed E-state index contributed by atoms with van der Waals surface area (Å²) in [5, 5.41) is 9.83. The highest BCUT2D eigenvalue weighted by atomic mass is 19.1. The summed E-state index contributed by atoms with van der Waals surface area (Å²) in [5.41, 5.74) is 2.82. The molecule has 7 nitrogen and oxygen atoms in total. The van der Waals surface area contributed by atoms with Crippen LogP contribution in [0.2, 0.25) is 0 Å². The van der Waals surface area contributed by atoms with E-state index in [2.05, 4.69) is 11.1 Å². The fourth-order valence-corrected chi connectivity index (χ4v) is 4.59. The van der Waals surface area contributed by atoms with Gasteiger partial charge in [0.2, 0.25) is 5.88 Å². The molecule has 2 heterocycles. The van der Waals surface area contributed by atoms with Crippen LogP contribution in [0.15, 0.2) is 42.6 Å². The number of aliphatic hydroxyl groups is 1. The lowest BCUT2D eigenvalue weighted by molar-refractivity contribution is 0.0313. The lowest BCUT2D eigenvalue weighted by Crippen LogP contribution is -2.50. The van der Waals surface area contributed by atoms with E-state index in [9.17, 15) is 19.1 Å². The maximum Gasteiger partial charge on any atom is 0.259 e. The highest BCUT2D eigenvalue weighted by Crippen LogP contribution is 2.32. The van der Waals surface area contributed by atoms with Crippen molar-refractivity contribution in [2.75, 3.05) is 26.7 Å². The smallest absolute Gasteiger partial charge is 0.259 e. The number of benzene rings is 1. The predicted molar refractivity (Wildman–Crippen MR) is 131 cm³/mol. The van der Waals surface area contributed by atoms with Crippen LogP contribution < -0.4 is 4.74 Å². The van der Waals surface area contributed by atoms with Crippen molar-refractivity contribution in [3.8, 4) is 5.88 Å². The lowest BCUT2D eigenvalue weighted by Gasteiger charge is -2.37. The molecule has 1 aliphatic carbocycles. The highest BCUT2D eigenvalue weighted by Gasteiger charge is 2.35. The van der Waals surface area contributed by atoms with E-state index in [4.69, 9.17) is 4.74 Å². The highest BCUT2D eigenvalue weighted by molar-refractivity contribution is 5.97. The first-order valence-corrected chi connectivity index (χ1v) is 12.1. The third-order valence-electron chi connectivity index (χ3n) is 6.82. The molecule has 0 unspecified atom stereocenters. The molecule has 2 aromatic rings. The van der Waals surface area contributed by atoms with Crippen LogP contribution in [0.25, 0.3) is 5.57 Å². The van der Waals surface area contributed by atoms with E-state index in [0.29, 0.717) is 17.7 Å². The molecule has 0 fully saturated rings. The molecule has 1 aliphatic heterocycles. The Morgan fingerprint density at radius 3 is 2.74 bits per heavy atom. The van der Waals surface area contributed by atoms with Gasteiger partial charge in [0.15, 0.2) is 0 Å². The van der Waals surface area contributed by atoms with Gasteiger partial charge >= 0.3 is 0 Å². The average Bonchev–Trinajstić information content (AvgIpc) is 3.40. The standard InChI is InChI=1S/C27H32FN3O4/c1-17-14-31(18(2)16-32)27(34)23-12-21(19-6-4-5-7-19)13-29-25(23)35-24(17)15-30(3)26(33)20-8-10-22(28)11-9-20/h6,8-13,17-18,24,32H,4-5,7,14-16H2,1-3H3/t17-,18+,24+/m0/s1. The number of hydrogen-bond acceptors (Lipinski definition) is 5. The van der Waals surface area contributed by atoms with Gasteiger partial charge < -0.3 is 19.6 Å². The number of carbonyl (C=O) groups is 2. The van der Waals surface area contributed by atoms with Crippen LogP contribution in [0, 0.1) is 11.7 Å². The minimum Gasteiger partial charge on any atom is -0.472 e. The van der Waals surface area contributed by atoms with Crippen LogP contribution in [0.3, 0.4) is 0 Å². The fraction of sp³-hybridized carbons (Fsp3) is 0.444. The van der Waals surface area contributed by atoms with Gasteiger partial charge in [0.05, 0.1) is 19.2 Å². The van der Waals surface area contributed by atoms with Crippen molar-refractivity contribution in [1.82, 2.24) is 14.8 Å². The number of ether oxygens (including phenoxy) is 1. The molecule has 2 amide bonds. The zero-order valence-corrected chi connectivity index (χ0v) is 20.4. The van der Waals surface area contributed by atoms with Gasteiger partial charge in [-0.1, -0.05) is 13.0 Å². The molecular formula is C27H32FN3O4. The first-order chi connectivity index (χ1) is 16.8. The molecule has 0 radical (unpaired) electrons. The second-order valence-corrected chi connectivity index (χ2v) is 9.51. The van der Waals surface area contributed by atoms with E-state index in [-0.39, 0.29) is 42.8 Å². The van der Waals surface area contributed by atoms with E-state index in [1.54, 1.807) is 18.1 Å². The van der Waals surface area contributed by atoms with E-state index >= 15 is 0 Å². The van der Waals surface area contributed by atoms with Crippen LogP contribution >= 0.6 is 0 Å². The van der Waals surface area contributed by atoms with Gasteiger partial charge in [-0.25, -0.2) is 9.37 Å². The number of nitrogens with zero attached hydrogens (tertiary/aromatic N) is 3. The van der Waals surface area contributed by atoms with Crippen molar-refractivity contribution in [1.29, 1.82) is 0 Å². The topological polar surface area (TPSA) is 83.0 Å². The minimum absolute atomic E-state index is 0.149. The number of aliphatic hydroxyl groups excluding tert-OH is 1.